The van der Waals surface area contributed by atoms with Gasteiger partial charge in [0.05, 0.1) is 19.3 Å². The number of H-pyrrole nitrogens is 1. The third-order valence-corrected chi connectivity index (χ3v) is 2.90. The number of imidazole rings is 1. The maximum Gasteiger partial charge on any atom is 0.269 e. The SMILES string of the molecule is NC(=O)c1[nH]cnc1/N=N/N(CCF)C(=O)Cc1ccccc1. The van der Waals surface area contributed by atoms with E-state index in [1.165, 1.54) is 6.33 Å². The van der Waals surface area contributed by atoms with E-state index in [4.69, 9.17) is 5.73 Å². The fourth-order valence-electron chi connectivity index (χ4n) is 1.80. The Bertz CT molecular complexity index is 700. The number of amides is 2. The number of hydrogen-bond donors (Lipinski definition) is 2. The zero-order chi connectivity index (χ0) is 16.7. The van der Waals surface area contributed by atoms with Crippen LogP contribution in [-0.2, 0) is 11.2 Å². The minimum atomic E-state index is -0.775. The van der Waals surface area contributed by atoms with Crippen molar-refractivity contribution in [2.45, 2.75) is 6.42 Å². The fraction of sp³-hybridized carbons (Fsp3) is 0.214. The highest BCUT2D eigenvalue weighted by molar-refractivity contribution is 5.94. The van der Waals surface area contributed by atoms with Crippen LogP contribution < -0.4 is 5.73 Å². The van der Waals surface area contributed by atoms with Gasteiger partial charge >= 0.3 is 0 Å². The van der Waals surface area contributed by atoms with E-state index in [1.54, 1.807) is 24.3 Å². The number of nitrogens with two attached hydrogens (primary N) is 1. The summed E-state index contributed by atoms with van der Waals surface area (Å²) in [7, 11) is 0. The van der Waals surface area contributed by atoms with Gasteiger partial charge in [0.1, 0.15) is 6.67 Å². The van der Waals surface area contributed by atoms with Crippen molar-refractivity contribution in [2.75, 3.05) is 13.2 Å². The van der Waals surface area contributed by atoms with Gasteiger partial charge in [-0.2, -0.15) is 0 Å². The maximum absolute atomic E-state index is 12.6. The van der Waals surface area contributed by atoms with Gasteiger partial charge < -0.3 is 10.7 Å². The lowest BCUT2D eigenvalue weighted by atomic mass is 10.1. The fourth-order valence-corrected chi connectivity index (χ4v) is 1.80. The van der Waals surface area contributed by atoms with Gasteiger partial charge in [0.25, 0.3) is 5.91 Å². The Labute approximate surface area is 131 Å². The summed E-state index contributed by atoms with van der Waals surface area (Å²) in [5, 5.41) is 8.26. The van der Waals surface area contributed by atoms with Gasteiger partial charge in [0.2, 0.25) is 11.7 Å². The summed E-state index contributed by atoms with van der Waals surface area (Å²) in [6.07, 6.45) is 1.28. The molecule has 2 amide bonds. The third-order valence-electron chi connectivity index (χ3n) is 2.90. The van der Waals surface area contributed by atoms with E-state index >= 15 is 0 Å². The van der Waals surface area contributed by atoms with Gasteiger partial charge in [-0.25, -0.2) is 14.4 Å². The van der Waals surface area contributed by atoms with Gasteiger partial charge in [-0.15, -0.1) is 5.11 Å². The van der Waals surface area contributed by atoms with Crippen LogP contribution in [0.15, 0.2) is 47.0 Å². The van der Waals surface area contributed by atoms with Crippen LogP contribution in [0.25, 0.3) is 0 Å². The van der Waals surface area contributed by atoms with E-state index in [0.29, 0.717) is 0 Å². The van der Waals surface area contributed by atoms with E-state index < -0.39 is 18.5 Å². The first kappa shape index (κ1) is 16.3. The predicted octanol–water partition coefficient (Wildman–Crippen LogP) is 1.55. The van der Waals surface area contributed by atoms with Gasteiger partial charge in [0.15, 0.2) is 5.69 Å². The highest BCUT2D eigenvalue weighted by Gasteiger charge is 2.15. The molecule has 0 aliphatic rings. The van der Waals surface area contributed by atoms with Crippen LogP contribution in [0.1, 0.15) is 16.1 Å². The summed E-state index contributed by atoms with van der Waals surface area (Å²) < 4.78 is 12.6. The van der Waals surface area contributed by atoms with Crippen molar-refractivity contribution in [2.24, 2.45) is 16.1 Å². The second-order valence-corrected chi connectivity index (χ2v) is 4.52. The summed E-state index contributed by atoms with van der Waals surface area (Å²) >= 11 is 0. The molecule has 0 saturated heterocycles. The zero-order valence-electron chi connectivity index (χ0n) is 12.1. The van der Waals surface area contributed by atoms with Crippen LogP contribution in [0.5, 0.6) is 0 Å². The zero-order valence-corrected chi connectivity index (χ0v) is 12.1. The molecule has 0 saturated carbocycles. The number of nitrogens with zero attached hydrogens (tertiary/aromatic N) is 4. The number of nitrogens with one attached hydrogen (secondary N) is 1. The normalized spacial score (nSPS) is 10.8. The Kier molecular flexibility index (Phi) is 5.50. The number of carbonyl (C=O) groups excluding carboxylic acids is 2. The summed E-state index contributed by atoms with van der Waals surface area (Å²) in [5.74, 6) is -1.24. The van der Waals surface area contributed by atoms with Crippen molar-refractivity contribution in [3.8, 4) is 0 Å². The van der Waals surface area contributed by atoms with E-state index in [0.717, 1.165) is 10.6 Å². The Morgan fingerprint density at radius 1 is 1.30 bits per heavy atom. The van der Waals surface area contributed by atoms with E-state index in [9.17, 15) is 14.0 Å². The minimum Gasteiger partial charge on any atom is -0.364 e. The molecule has 8 nitrogen and oxygen atoms in total. The first-order valence-electron chi connectivity index (χ1n) is 6.77. The molecule has 120 valence electrons. The monoisotopic (exact) mass is 318 g/mol. The quantitative estimate of drug-likeness (QED) is 0.595. The first-order chi connectivity index (χ1) is 11.1. The summed E-state index contributed by atoms with van der Waals surface area (Å²) in [4.78, 5) is 29.6. The van der Waals surface area contributed by atoms with Crippen molar-refractivity contribution in [1.82, 2.24) is 15.0 Å². The molecule has 0 radical (unpaired) electrons. The van der Waals surface area contributed by atoms with E-state index in [1.807, 2.05) is 6.07 Å². The van der Waals surface area contributed by atoms with Gasteiger partial charge in [-0.05, 0) is 5.56 Å². The minimum absolute atomic E-state index is 0.0375. The summed E-state index contributed by atoms with van der Waals surface area (Å²) in [5.41, 5.74) is 5.87. The topological polar surface area (TPSA) is 117 Å². The Hall–Kier alpha value is -3.10. The molecule has 3 N–H and O–H groups in total. The largest absolute Gasteiger partial charge is 0.364 e. The van der Waals surface area contributed by atoms with Gasteiger partial charge in [0, 0.05) is 0 Å². The van der Waals surface area contributed by atoms with Crippen LogP contribution in [0.3, 0.4) is 0 Å². The summed E-state index contributed by atoms with van der Waals surface area (Å²) in [6, 6.07) is 8.98. The molecule has 2 aromatic rings. The molecule has 0 unspecified atom stereocenters. The standard InChI is InChI=1S/C14H15FN6O2/c15-6-7-21(11(22)8-10-4-2-1-3-5-10)20-19-14-12(13(16)23)17-9-18-14/h1-5,9H,6-8H2,(H2,16,23)(H,17,18)/b20-19+. The number of primary amides is 1. The van der Waals surface area contributed by atoms with Crippen molar-refractivity contribution in [3.63, 3.8) is 0 Å². The van der Waals surface area contributed by atoms with Gasteiger partial charge in [-0.3, -0.25) is 9.59 Å². The van der Waals surface area contributed by atoms with Crippen LogP contribution >= 0.6 is 0 Å². The van der Waals surface area contributed by atoms with Crippen molar-refractivity contribution in [3.05, 3.63) is 47.9 Å². The number of rotatable bonds is 7. The number of benzene rings is 1. The number of alkyl halides is 1. The Balaban J connectivity index is 2.11. The number of aromatic amines is 1. The maximum atomic E-state index is 12.6. The van der Waals surface area contributed by atoms with Gasteiger partial charge in [-0.1, -0.05) is 35.6 Å². The lowest BCUT2D eigenvalue weighted by Crippen LogP contribution is -2.29. The average molecular weight is 318 g/mol. The lowest BCUT2D eigenvalue weighted by Gasteiger charge is -2.13. The van der Waals surface area contributed by atoms with Crippen LogP contribution in [-0.4, -0.2) is 40.0 Å². The molecule has 0 bridgehead atoms. The lowest BCUT2D eigenvalue weighted by molar-refractivity contribution is -0.131. The molecule has 23 heavy (non-hydrogen) atoms. The number of carbonyl (C=O) groups is 2. The molecule has 0 fully saturated rings. The van der Waals surface area contributed by atoms with Crippen molar-refractivity contribution < 1.29 is 14.0 Å². The molecule has 1 heterocycles. The smallest absolute Gasteiger partial charge is 0.269 e. The van der Waals surface area contributed by atoms with Crippen molar-refractivity contribution >= 4 is 17.6 Å². The van der Waals surface area contributed by atoms with E-state index in [2.05, 4.69) is 20.3 Å². The molecular weight excluding hydrogens is 303 g/mol. The highest BCUT2D eigenvalue weighted by atomic mass is 19.1. The molecule has 2 rings (SSSR count). The highest BCUT2D eigenvalue weighted by Crippen LogP contribution is 2.14. The number of hydrogen-bond acceptors (Lipinski definition) is 5. The molecule has 1 aromatic heterocycles. The van der Waals surface area contributed by atoms with E-state index in [-0.39, 0.29) is 24.5 Å². The molecule has 0 aliphatic heterocycles. The molecule has 1 aromatic carbocycles. The average Bonchev–Trinajstić information content (AvgIpc) is 3.01. The second kappa shape index (κ2) is 7.78. The second-order valence-electron chi connectivity index (χ2n) is 4.52. The molecule has 9 heteroatoms. The molecule has 0 spiro atoms. The van der Waals surface area contributed by atoms with Crippen LogP contribution in [0, 0.1) is 0 Å². The third kappa shape index (κ3) is 4.43. The Morgan fingerprint density at radius 2 is 2.04 bits per heavy atom. The molecule has 0 aliphatic carbocycles. The molecular formula is C14H15FN6O2. The predicted molar refractivity (Wildman–Crippen MR) is 79.5 cm³/mol. The van der Waals surface area contributed by atoms with Crippen LogP contribution in [0.4, 0.5) is 10.2 Å². The number of aromatic nitrogens is 2. The molecule has 0 atom stereocenters. The van der Waals surface area contributed by atoms with Crippen LogP contribution in [0.2, 0.25) is 0 Å². The first-order valence-corrected chi connectivity index (χ1v) is 6.77. The van der Waals surface area contributed by atoms with Crippen molar-refractivity contribution in [1.29, 1.82) is 0 Å². The number of halogens is 1. The Morgan fingerprint density at radius 3 is 2.70 bits per heavy atom. The summed E-state index contributed by atoms with van der Waals surface area (Å²) in [6.45, 7) is -1.02.